The van der Waals surface area contributed by atoms with Gasteiger partial charge in [0.1, 0.15) is 0 Å². The molecule has 4 heteroatoms. The van der Waals surface area contributed by atoms with Crippen LogP contribution in [-0.4, -0.2) is 109 Å². The summed E-state index contributed by atoms with van der Waals surface area (Å²) in [6, 6.07) is 0. The van der Waals surface area contributed by atoms with E-state index in [4.69, 9.17) is 9.90 Å². The van der Waals surface area contributed by atoms with Gasteiger partial charge in [0.15, 0.2) is 0 Å². The number of carboxylic acids is 1. The summed E-state index contributed by atoms with van der Waals surface area (Å²) >= 11 is 0. The molecule has 0 radical (unpaired) electrons. The van der Waals surface area contributed by atoms with Gasteiger partial charge in [0, 0.05) is 6.92 Å². The van der Waals surface area contributed by atoms with Crippen LogP contribution in [0.1, 0.15) is 6.92 Å². The third-order valence-electron chi connectivity index (χ3n) is 0. The second-order valence-electron chi connectivity index (χ2n) is 0.519. The molecule has 0 aliphatic carbocycles. The summed E-state index contributed by atoms with van der Waals surface area (Å²) in [5.74, 6) is -0.833. The molecule has 0 bridgehead atoms. The number of hydrogen-bond acceptors (Lipinski definition) is 1. The molecule has 0 saturated heterocycles. The van der Waals surface area contributed by atoms with Crippen LogP contribution in [0, 0.1) is 0 Å². The average Bonchev–Trinajstić information content (AvgIpc) is 0.811. The molecular weight excluding hydrogens is 331 g/mol. The predicted molar refractivity (Wildman–Crippen MR) is 30.4 cm³/mol. The molecule has 0 spiro atoms. The number of aliphatic carboxylic acids is 1. The molecule has 32 valence electrons. The van der Waals surface area contributed by atoms with E-state index < -0.39 is 5.97 Å². The molecule has 6 heavy (non-hydrogen) atoms. The van der Waals surface area contributed by atoms with Crippen LogP contribution in [0.5, 0.6) is 0 Å². The van der Waals surface area contributed by atoms with Crippen LogP contribution in [-0.2, 0) is 4.79 Å². The second-order valence-corrected chi connectivity index (χ2v) is 0.519. The second kappa shape index (κ2) is 10.6. The number of carboxylic acid groups (broad SMARTS) is 1. The minimum atomic E-state index is -0.833. The van der Waals surface area contributed by atoms with Gasteiger partial charge in [-0.3, -0.25) is 4.79 Å². The van der Waals surface area contributed by atoms with Gasteiger partial charge in [0.25, 0.3) is 5.97 Å². The van der Waals surface area contributed by atoms with E-state index in [9.17, 15) is 0 Å². The van der Waals surface area contributed by atoms with Crippen molar-refractivity contribution >= 4 is 104 Å². The number of rotatable bonds is 0. The van der Waals surface area contributed by atoms with Crippen LogP contribution in [0.2, 0.25) is 0 Å². The summed E-state index contributed by atoms with van der Waals surface area (Å²) in [7, 11) is 0. The van der Waals surface area contributed by atoms with E-state index in [1.807, 2.05) is 0 Å². The molecule has 0 rings (SSSR count). The van der Waals surface area contributed by atoms with Gasteiger partial charge in [0.2, 0.25) is 0 Å². The first-order valence-corrected chi connectivity index (χ1v) is 0.928. The molecule has 0 aromatic rings. The molecule has 0 atom stereocenters. The van der Waals surface area contributed by atoms with E-state index in [1.54, 1.807) is 0 Å². The van der Waals surface area contributed by atoms with Crippen molar-refractivity contribution in [1.82, 2.24) is 0 Å². The Bertz CT molecular complexity index is 32.5. The minimum absolute atomic E-state index is 0. The van der Waals surface area contributed by atoms with E-state index in [1.165, 1.54) is 0 Å². The molecule has 1 N–H and O–H groups in total. The van der Waals surface area contributed by atoms with Gasteiger partial charge in [-0.2, -0.15) is 0 Å². The van der Waals surface area contributed by atoms with Gasteiger partial charge in [-0.05, 0) is 0 Å². The summed E-state index contributed by atoms with van der Waals surface area (Å²) in [5, 5.41) is 7.42. The first kappa shape index (κ1) is 15.8. The van der Waals surface area contributed by atoms with Crippen LogP contribution in [0.3, 0.4) is 0 Å². The Balaban J connectivity index is -0.0000000450. The standard InChI is InChI=1S/C2H4O2.2Ba.4H/c1-2(3)4;;;;;;/h1H3,(H,3,4);;;;;;. The summed E-state index contributed by atoms with van der Waals surface area (Å²) in [6.07, 6.45) is 0. The Labute approximate surface area is 117 Å². The van der Waals surface area contributed by atoms with Gasteiger partial charge >= 0.3 is 97.8 Å². The zero-order valence-electron chi connectivity index (χ0n) is 2.36. The Morgan fingerprint density at radius 2 is 1.50 bits per heavy atom. The van der Waals surface area contributed by atoms with E-state index >= 15 is 0 Å². The fourth-order valence-electron chi connectivity index (χ4n) is 0. The maximum atomic E-state index is 9.00. The van der Waals surface area contributed by atoms with Crippen molar-refractivity contribution in [2.24, 2.45) is 0 Å². The Morgan fingerprint density at radius 1 is 1.50 bits per heavy atom. The SMILES string of the molecule is CC(=O)O.[BaH2].[BaH2]. The van der Waals surface area contributed by atoms with Gasteiger partial charge < -0.3 is 5.11 Å². The number of carbonyl (C=O) groups is 1. The van der Waals surface area contributed by atoms with Gasteiger partial charge in [-0.15, -0.1) is 0 Å². The first-order chi connectivity index (χ1) is 1.73. The summed E-state index contributed by atoms with van der Waals surface area (Å²) in [6.45, 7) is 1.08. The van der Waals surface area contributed by atoms with Gasteiger partial charge in [-0.1, -0.05) is 0 Å². The van der Waals surface area contributed by atoms with Crippen molar-refractivity contribution in [2.75, 3.05) is 0 Å². The van der Waals surface area contributed by atoms with Crippen molar-refractivity contribution in [2.45, 2.75) is 6.92 Å². The zero-order valence-corrected chi connectivity index (χ0v) is 2.36. The third kappa shape index (κ3) is 30.5. The monoisotopic (exact) mass is 340 g/mol. The van der Waals surface area contributed by atoms with Crippen LogP contribution >= 0.6 is 0 Å². The topological polar surface area (TPSA) is 37.3 Å². The molecule has 0 fully saturated rings. The Kier molecular flexibility index (Phi) is 27.9. The molecule has 2 nitrogen and oxygen atoms in total. The van der Waals surface area contributed by atoms with Crippen molar-refractivity contribution in [1.29, 1.82) is 0 Å². The van der Waals surface area contributed by atoms with Crippen molar-refractivity contribution < 1.29 is 9.90 Å². The van der Waals surface area contributed by atoms with E-state index in [0.29, 0.717) is 0 Å². The normalized spacial score (nSPS) is 4.17. The average molecular weight is 339 g/mol. The third-order valence-corrected chi connectivity index (χ3v) is 0. The van der Waals surface area contributed by atoms with Crippen LogP contribution in [0.15, 0.2) is 0 Å². The molecule has 0 heterocycles. The van der Waals surface area contributed by atoms with Crippen LogP contribution in [0.25, 0.3) is 0 Å². The molecule has 0 aliphatic rings. The van der Waals surface area contributed by atoms with E-state index in [-0.39, 0.29) is 97.8 Å². The summed E-state index contributed by atoms with van der Waals surface area (Å²) in [5.41, 5.74) is 0. The molecule has 0 aromatic carbocycles. The Morgan fingerprint density at radius 3 is 1.50 bits per heavy atom. The predicted octanol–water partition coefficient (Wildman–Crippen LogP) is -1.74. The van der Waals surface area contributed by atoms with Crippen LogP contribution < -0.4 is 0 Å². The van der Waals surface area contributed by atoms with Crippen molar-refractivity contribution in [3.63, 3.8) is 0 Å². The molecular formula is C2H8Ba2O2. The summed E-state index contributed by atoms with van der Waals surface area (Å²) in [4.78, 5) is 9.00. The van der Waals surface area contributed by atoms with E-state index in [2.05, 4.69) is 0 Å². The molecule has 0 aromatic heterocycles. The van der Waals surface area contributed by atoms with Gasteiger partial charge in [0.05, 0.1) is 0 Å². The Hall–Kier alpha value is 2.61. The summed E-state index contributed by atoms with van der Waals surface area (Å²) < 4.78 is 0. The van der Waals surface area contributed by atoms with E-state index in [0.717, 1.165) is 6.92 Å². The fourth-order valence-corrected chi connectivity index (χ4v) is 0. The molecule has 0 saturated carbocycles. The molecule has 0 unspecified atom stereocenters. The molecule has 0 aliphatic heterocycles. The van der Waals surface area contributed by atoms with Crippen molar-refractivity contribution in [3.05, 3.63) is 0 Å². The van der Waals surface area contributed by atoms with Gasteiger partial charge in [-0.25, -0.2) is 0 Å². The fraction of sp³-hybridized carbons (Fsp3) is 0.500. The quantitative estimate of drug-likeness (QED) is 0.533. The zero-order chi connectivity index (χ0) is 3.58. The molecule has 0 amide bonds. The maximum absolute atomic E-state index is 9.00. The van der Waals surface area contributed by atoms with Crippen molar-refractivity contribution in [3.8, 4) is 0 Å². The number of hydrogen-bond donors (Lipinski definition) is 1. The first-order valence-electron chi connectivity index (χ1n) is 0.928. The van der Waals surface area contributed by atoms with Crippen LogP contribution in [0.4, 0.5) is 0 Å².